The van der Waals surface area contributed by atoms with Crippen molar-refractivity contribution < 1.29 is 44.6 Å². The standard InChI is InChI=1S/C19H46N2O10Si3/c1-23-32(24-2,25-3)16-10-13-20-19(22)21(14-11-17-33(26-4,27-5)28-6)15-12-18-34(29-7,30-8)31-9/h10-18H2,1-9H3,(H,20,22). The van der Waals surface area contributed by atoms with Crippen LogP contribution in [0.3, 0.4) is 0 Å². The van der Waals surface area contributed by atoms with Gasteiger partial charge in [-0.2, -0.15) is 0 Å². The second-order valence-corrected chi connectivity index (χ2v) is 16.7. The largest absolute Gasteiger partial charge is 0.500 e. The minimum atomic E-state index is -2.71. The van der Waals surface area contributed by atoms with E-state index in [1.54, 1.807) is 68.9 Å². The zero-order valence-corrected chi connectivity index (χ0v) is 25.4. The highest BCUT2D eigenvalue weighted by Gasteiger charge is 2.39. The van der Waals surface area contributed by atoms with Crippen LogP contribution in [0.15, 0.2) is 0 Å². The zero-order chi connectivity index (χ0) is 26.1. The number of amides is 2. The van der Waals surface area contributed by atoms with Gasteiger partial charge >= 0.3 is 32.4 Å². The van der Waals surface area contributed by atoms with Crippen molar-refractivity contribution in [3.05, 3.63) is 0 Å². The fourth-order valence-electron chi connectivity index (χ4n) is 3.57. The molecule has 1 N–H and O–H groups in total. The zero-order valence-electron chi connectivity index (χ0n) is 22.4. The van der Waals surface area contributed by atoms with E-state index >= 15 is 0 Å². The minimum Gasteiger partial charge on any atom is -0.377 e. The molecule has 15 heteroatoms. The molecule has 2 amide bonds. The van der Waals surface area contributed by atoms with Gasteiger partial charge in [0.1, 0.15) is 0 Å². The maximum absolute atomic E-state index is 13.0. The lowest BCUT2D eigenvalue weighted by molar-refractivity contribution is 0.120. The van der Waals surface area contributed by atoms with Crippen molar-refractivity contribution in [2.24, 2.45) is 0 Å². The molecule has 0 aliphatic heterocycles. The first kappa shape index (κ1) is 33.6. The summed E-state index contributed by atoms with van der Waals surface area (Å²) in [6.45, 7) is 1.51. The third-order valence-electron chi connectivity index (χ3n) is 5.84. The second-order valence-electron chi connectivity index (χ2n) is 7.42. The Balaban J connectivity index is 5.01. The van der Waals surface area contributed by atoms with Gasteiger partial charge in [-0.15, -0.1) is 0 Å². The van der Waals surface area contributed by atoms with Crippen molar-refractivity contribution in [1.29, 1.82) is 0 Å². The van der Waals surface area contributed by atoms with Crippen LogP contribution < -0.4 is 5.32 Å². The molecule has 0 saturated carbocycles. The van der Waals surface area contributed by atoms with Gasteiger partial charge in [0.05, 0.1) is 0 Å². The fraction of sp³-hybridized carbons (Fsp3) is 0.947. The van der Waals surface area contributed by atoms with Gasteiger partial charge in [0.15, 0.2) is 0 Å². The van der Waals surface area contributed by atoms with Gasteiger partial charge in [-0.3, -0.25) is 0 Å². The van der Waals surface area contributed by atoms with Crippen molar-refractivity contribution in [1.82, 2.24) is 10.2 Å². The van der Waals surface area contributed by atoms with Gasteiger partial charge in [0.2, 0.25) is 0 Å². The summed E-state index contributed by atoms with van der Waals surface area (Å²) in [6.07, 6.45) is 2.01. The van der Waals surface area contributed by atoms with Crippen LogP contribution in [0.5, 0.6) is 0 Å². The Morgan fingerprint density at radius 3 is 1.15 bits per heavy atom. The number of urea groups is 1. The molecule has 0 radical (unpaired) electrons. The number of nitrogens with zero attached hydrogens (tertiary/aromatic N) is 1. The average Bonchev–Trinajstić information content (AvgIpc) is 2.89. The van der Waals surface area contributed by atoms with Crippen molar-refractivity contribution in [2.45, 2.75) is 37.4 Å². The summed E-state index contributed by atoms with van der Waals surface area (Å²) in [5, 5.41) is 2.98. The highest BCUT2D eigenvalue weighted by Crippen LogP contribution is 2.18. The maximum Gasteiger partial charge on any atom is 0.500 e. The van der Waals surface area contributed by atoms with E-state index in [0.717, 1.165) is 0 Å². The van der Waals surface area contributed by atoms with E-state index in [-0.39, 0.29) is 6.03 Å². The first-order valence-electron chi connectivity index (χ1n) is 11.2. The summed E-state index contributed by atoms with van der Waals surface area (Å²) in [6, 6.07) is 1.64. The smallest absolute Gasteiger partial charge is 0.377 e. The van der Waals surface area contributed by atoms with Crippen LogP contribution >= 0.6 is 0 Å². The third-order valence-corrected chi connectivity index (χ3v) is 14.3. The van der Waals surface area contributed by atoms with Crippen molar-refractivity contribution >= 4 is 32.4 Å². The molecule has 0 aromatic heterocycles. The Kier molecular flexibility index (Phi) is 17.7. The maximum atomic E-state index is 13.0. The van der Waals surface area contributed by atoms with Gasteiger partial charge < -0.3 is 50.1 Å². The molecule has 12 nitrogen and oxygen atoms in total. The molecule has 0 fully saturated rings. The molecule has 0 unspecified atom stereocenters. The van der Waals surface area contributed by atoms with E-state index in [1.807, 2.05) is 0 Å². The molecule has 0 aromatic carbocycles. The lowest BCUT2D eigenvalue weighted by atomic mass is 10.3. The molecule has 0 aromatic rings. The average molecular weight is 547 g/mol. The summed E-state index contributed by atoms with van der Waals surface area (Å²) < 4.78 is 49.2. The highest BCUT2D eigenvalue weighted by atomic mass is 28.4. The highest BCUT2D eigenvalue weighted by molar-refractivity contribution is 6.61. The van der Waals surface area contributed by atoms with Crippen LogP contribution in [0.1, 0.15) is 19.3 Å². The number of nitrogens with one attached hydrogen (secondary N) is 1. The number of rotatable bonds is 21. The molecule has 0 aliphatic rings. The summed E-state index contributed by atoms with van der Waals surface area (Å²) in [5.74, 6) is 0. The van der Waals surface area contributed by atoms with Gasteiger partial charge in [-0.25, -0.2) is 4.79 Å². The number of hydrogen-bond donors (Lipinski definition) is 1. The van der Waals surface area contributed by atoms with E-state index < -0.39 is 26.4 Å². The Morgan fingerprint density at radius 2 is 0.853 bits per heavy atom. The van der Waals surface area contributed by atoms with Crippen LogP contribution in [0.25, 0.3) is 0 Å². The molecule has 204 valence electrons. The molecular weight excluding hydrogens is 500 g/mol. The van der Waals surface area contributed by atoms with E-state index in [4.69, 9.17) is 39.8 Å². The van der Waals surface area contributed by atoms with E-state index in [1.165, 1.54) is 0 Å². The lowest BCUT2D eigenvalue weighted by Gasteiger charge is -2.29. The SMILES string of the molecule is CO[Si](CCCNC(=O)N(CCC[Si](OC)(OC)OC)CCC[Si](OC)(OC)OC)(OC)OC. The van der Waals surface area contributed by atoms with Gasteiger partial charge in [0, 0.05) is 102 Å². The minimum absolute atomic E-state index is 0.154. The summed E-state index contributed by atoms with van der Waals surface area (Å²) in [4.78, 5) is 14.7. The van der Waals surface area contributed by atoms with Crippen molar-refractivity contribution in [2.75, 3.05) is 83.6 Å². The molecule has 0 aliphatic carbocycles. The van der Waals surface area contributed by atoms with E-state index in [0.29, 0.717) is 57.0 Å². The molecule has 34 heavy (non-hydrogen) atoms. The van der Waals surface area contributed by atoms with Gasteiger partial charge in [0.25, 0.3) is 0 Å². The molecule has 0 spiro atoms. The first-order chi connectivity index (χ1) is 16.2. The van der Waals surface area contributed by atoms with Gasteiger partial charge in [-0.05, 0) is 19.3 Å². The topological polar surface area (TPSA) is 115 Å². The van der Waals surface area contributed by atoms with Gasteiger partial charge in [-0.1, -0.05) is 0 Å². The predicted octanol–water partition coefficient (Wildman–Crippen LogP) is 1.80. The molecule has 0 saturated heterocycles. The fourth-order valence-corrected chi connectivity index (χ4v) is 8.70. The Bertz CT molecular complexity index is 488. The van der Waals surface area contributed by atoms with Crippen LogP contribution in [-0.2, 0) is 39.8 Å². The lowest BCUT2D eigenvalue weighted by Crippen LogP contribution is -2.47. The molecule has 0 rings (SSSR count). The van der Waals surface area contributed by atoms with Crippen LogP contribution in [0.4, 0.5) is 4.79 Å². The summed E-state index contributed by atoms with van der Waals surface area (Å²) in [7, 11) is 6.13. The number of hydrogen-bond acceptors (Lipinski definition) is 10. The monoisotopic (exact) mass is 546 g/mol. The molecular formula is C19H46N2O10Si3. The molecule has 0 bridgehead atoms. The number of carbonyl (C=O) groups excluding carboxylic acids is 1. The molecule has 0 heterocycles. The first-order valence-corrected chi connectivity index (χ1v) is 17.0. The van der Waals surface area contributed by atoms with Crippen LogP contribution in [-0.4, -0.2) is 121 Å². The van der Waals surface area contributed by atoms with E-state index in [9.17, 15) is 4.79 Å². The van der Waals surface area contributed by atoms with Crippen molar-refractivity contribution in [3.63, 3.8) is 0 Å². The molecule has 0 atom stereocenters. The number of carbonyl (C=O) groups is 1. The Morgan fingerprint density at radius 1 is 0.559 bits per heavy atom. The summed E-state index contributed by atoms with van der Waals surface area (Å²) in [5.41, 5.74) is 0. The van der Waals surface area contributed by atoms with Crippen molar-refractivity contribution in [3.8, 4) is 0 Å². The van der Waals surface area contributed by atoms with E-state index in [2.05, 4.69) is 5.32 Å². The predicted molar refractivity (Wildman–Crippen MR) is 134 cm³/mol. The van der Waals surface area contributed by atoms with Crippen LogP contribution in [0.2, 0.25) is 18.1 Å². The second kappa shape index (κ2) is 17.9. The van der Waals surface area contributed by atoms with Crippen LogP contribution in [0, 0.1) is 0 Å². The summed E-state index contributed by atoms with van der Waals surface area (Å²) >= 11 is 0. The Labute approximate surface area is 208 Å². The Hall–Kier alpha value is -0.439. The third kappa shape index (κ3) is 10.7. The quantitative estimate of drug-likeness (QED) is 0.169. The normalized spacial score (nSPS) is 12.7.